The second kappa shape index (κ2) is 7.90. The van der Waals surface area contributed by atoms with Gasteiger partial charge in [-0.1, -0.05) is 12.7 Å². The third kappa shape index (κ3) is 4.12. The van der Waals surface area contributed by atoms with E-state index in [0.29, 0.717) is 31.3 Å². The van der Waals surface area contributed by atoms with Crippen LogP contribution < -0.4 is 14.2 Å². The van der Waals surface area contributed by atoms with Gasteiger partial charge in [0.15, 0.2) is 18.3 Å². The van der Waals surface area contributed by atoms with Crippen molar-refractivity contribution in [2.75, 3.05) is 33.7 Å². The van der Waals surface area contributed by atoms with Gasteiger partial charge in [0.05, 0.1) is 6.61 Å². The Labute approximate surface area is 125 Å². The zero-order chi connectivity index (χ0) is 15.1. The highest BCUT2D eigenvalue weighted by molar-refractivity contribution is 5.54. The van der Waals surface area contributed by atoms with Crippen LogP contribution in [0.15, 0.2) is 24.8 Å². The van der Waals surface area contributed by atoms with E-state index in [1.807, 2.05) is 19.1 Å². The molecule has 1 aliphatic heterocycles. The molecule has 5 nitrogen and oxygen atoms in total. The molecular formula is C16H22O5. The van der Waals surface area contributed by atoms with Gasteiger partial charge < -0.3 is 23.7 Å². The number of fused-ring (bicyclic) bond motifs is 1. The summed E-state index contributed by atoms with van der Waals surface area (Å²) in [5.41, 5.74) is 1.06. The summed E-state index contributed by atoms with van der Waals surface area (Å²) in [6.07, 6.45) is 2.50. The first-order chi connectivity index (χ1) is 10.3. The number of rotatable bonds is 9. The van der Waals surface area contributed by atoms with Gasteiger partial charge in [-0.15, -0.1) is 0 Å². The van der Waals surface area contributed by atoms with Crippen LogP contribution in [0.1, 0.15) is 12.5 Å². The van der Waals surface area contributed by atoms with Gasteiger partial charge in [0, 0.05) is 31.8 Å². The summed E-state index contributed by atoms with van der Waals surface area (Å²) in [4.78, 5) is 0. The van der Waals surface area contributed by atoms with Crippen molar-refractivity contribution in [1.29, 1.82) is 0 Å². The topological polar surface area (TPSA) is 46.2 Å². The van der Waals surface area contributed by atoms with Gasteiger partial charge in [-0.25, -0.2) is 0 Å². The van der Waals surface area contributed by atoms with Gasteiger partial charge in [-0.3, -0.25) is 0 Å². The molecule has 1 aromatic carbocycles. The van der Waals surface area contributed by atoms with Crippen LogP contribution >= 0.6 is 0 Å². The lowest BCUT2D eigenvalue weighted by molar-refractivity contribution is 0.0508. The molecule has 1 heterocycles. The number of hydrogen-bond acceptors (Lipinski definition) is 5. The van der Waals surface area contributed by atoms with E-state index in [-0.39, 0.29) is 12.9 Å². The molecule has 1 aromatic rings. The molecular weight excluding hydrogens is 272 g/mol. The van der Waals surface area contributed by atoms with Crippen LogP contribution in [0.3, 0.4) is 0 Å². The van der Waals surface area contributed by atoms with Crippen molar-refractivity contribution in [2.24, 2.45) is 0 Å². The molecule has 0 radical (unpaired) electrons. The van der Waals surface area contributed by atoms with E-state index in [4.69, 9.17) is 23.7 Å². The fraction of sp³-hybridized carbons (Fsp3) is 0.500. The number of benzene rings is 1. The fourth-order valence-corrected chi connectivity index (χ4v) is 2.18. The lowest BCUT2D eigenvalue weighted by Crippen LogP contribution is -2.20. The normalized spacial score (nSPS) is 16.2. The predicted octanol–water partition coefficient (Wildman–Crippen LogP) is 2.57. The van der Waals surface area contributed by atoms with Crippen LogP contribution in [0.4, 0.5) is 0 Å². The molecule has 0 saturated heterocycles. The van der Waals surface area contributed by atoms with Crippen molar-refractivity contribution in [1.82, 2.24) is 0 Å². The minimum atomic E-state index is 0.0173. The number of ether oxygens (including phenoxy) is 5. The Morgan fingerprint density at radius 2 is 2.24 bits per heavy atom. The summed E-state index contributed by atoms with van der Waals surface area (Å²) in [5.74, 6) is 2.14. The first kappa shape index (κ1) is 15.7. The van der Waals surface area contributed by atoms with Crippen LogP contribution in [0.5, 0.6) is 17.2 Å². The van der Waals surface area contributed by atoms with Gasteiger partial charge in [0.2, 0.25) is 0 Å². The zero-order valence-electron chi connectivity index (χ0n) is 12.6. The minimum Gasteiger partial charge on any atom is -0.486 e. The molecule has 0 N–H and O–H groups in total. The quantitative estimate of drug-likeness (QED) is 0.517. The molecule has 0 bridgehead atoms. The summed E-state index contributed by atoms with van der Waals surface area (Å²) in [6.45, 7) is 7.49. The molecule has 0 spiro atoms. The smallest absolute Gasteiger partial charge is 0.188 e. The van der Waals surface area contributed by atoms with E-state index >= 15 is 0 Å². The van der Waals surface area contributed by atoms with Gasteiger partial charge in [-0.05, 0) is 13.0 Å². The van der Waals surface area contributed by atoms with Crippen molar-refractivity contribution < 1.29 is 23.7 Å². The van der Waals surface area contributed by atoms with Gasteiger partial charge in [0.25, 0.3) is 0 Å². The molecule has 21 heavy (non-hydrogen) atoms. The highest BCUT2D eigenvalue weighted by Gasteiger charge is 2.27. The largest absolute Gasteiger partial charge is 0.486 e. The lowest BCUT2D eigenvalue weighted by Gasteiger charge is -2.13. The van der Waals surface area contributed by atoms with Crippen LogP contribution in [0, 0.1) is 0 Å². The monoisotopic (exact) mass is 294 g/mol. The number of hydrogen-bond donors (Lipinski definition) is 0. The molecule has 0 fully saturated rings. The van der Waals surface area contributed by atoms with E-state index in [1.54, 1.807) is 13.2 Å². The fourth-order valence-electron chi connectivity index (χ4n) is 2.18. The maximum Gasteiger partial charge on any atom is 0.188 e. The second-order valence-electron chi connectivity index (χ2n) is 4.66. The van der Waals surface area contributed by atoms with E-state index < -0.39 is 0 Å². The molecule has 116 valence electrons. The van der Waals surface area contributed by atoms with Crippen LogP contribution in [-0.2, 0) is 15.9 Å². The molecule has 0 aromatic heterocycles. The van der Waals surface area contributed by atoms with Crippen LogP contribution in [0.2, 0.25) is 0 Å². The Bertz CT molecular complexity index is 472. The van der Waals surface area contributed by atoms with Crippen molar-refractivity contribution in [3.63, 3.8) is 0 Å². The highest BCUT2D eigenvalue weighted by Crippen LogP contribution is 2.41. The maximum atomic E-state index is 5.93. The molecule has 0 aliphatic carbocycles. The minimum absolute atomic E-state index is 0.0173. The van der Waals surface area contributed by atoms with Crippen molar-refractivity contribution in [3.8, 4) is 17.2 Å². The van der Waals surface area contributed by atoms with E-state index in [1.165, 1.54) is 0 Å². The average Bonchev–Trinajstić information content (AvgIpc) is 2.91. The molecule has 5 heteroatoms. The van der Waals surface area contributed by atoms with Gasteiger partial charge in [-0.2, -0.15) is 0 Å². The van der Waals surface area contributed by atoms with E-state index in [9.17, 15) is 0 Å². The second-order valence-corrected chi connectivity index (χ2v) is 4.66. The standard InChI is InChI=1S/C16H22O5/c1-4-6-19-15-9-13(20-11-17-3)7-12-8-14(10-18-5-2)21-16(12)15/h4,7,9,14H,1,5-6,8,10-11H2,2-3H3. The van der Waals surface area contributed by atoms with Crippen LogP contribution in [-0.4, -0.2) is 39.8 Å². The summed E-state index contributed by atoms with van der Waals surface area (Å²) >= 11 is 0. The predicted molar refractivity (Wildman–Crippen MR) is 79.3 cm³/mol. The molecule has 0 saturated carbocycles. The molecule has 2 rings (SSSR count). The summed E-state index contributed by atoms with van der Waals surface area (Å²) < 4.78 is 27.5. The first-order valence-electron chi connectivity index (χ1n) is 7.05. The van der Waals surface area contributed by atoms with Crippen molar-refractivity contribution >= 4 is 0 Å². The molecule has 1 aliphatic rings. The van der Waals surface area contributed by atoms with E-state index in [0.717, 1.165) is 17.7 Å². The molecule has 1 unspecified atom stereocenters. The SMILES string of the molecule is C=CCOc1cc(OCOC)cc2c1OC(COCC)C2. The average molecular weight is 294 g/mol. The Hall–Kier alpha value is -1.72. The number of methoxy groups -OCH3 is 1. The Morgan fingerprint density at radius 1 is 1.38 bits per heavy atom. The summed E-state index contributed by atoms with van der Waals surface area (Å²) in [5, 5.41) is 0. The summed E-state index contributed by atoms with van der Waals surface area (Å²) in [6, 6.07) is 3.77. The Kier molecular flexibility index (Phi) is 5.90. The third-order valence-electron chi connectivity index (χ3n) is 3.05. The first-order valence-corrected chi connectivity index (χ1v) is 7.05. The van der Waals surface area contributed by atoms with Gasteiger partial charge in [0.1, 0.15) is 18.5 Å². The molecule has 1 atom stereocenters. The third-order valence-corrected chi connectivity index (χ3v) is 3.05. The maximum absolute atomic E-state index is 5.93. The van der Waals surface area contributed by atoms with Crippen molar-refractivity contribution in [3.05, 3.63) is 30.4 Å². The molecule has 0 amide bonds. The van der Waals surface area contributed by atoms with Crippen LogP contribution in [0.25, 0.3) is 0 Å². The van der Waals surface area contributed by atoms with Crippen molar-refractivity contribution in [2.45, 2.75) is 19.4 Å². The summed E-state index contributed by atoms with van der Waals surface area (Å²) in [7, 11) is 1.59. The van der Waals surface area contributed by atoms with Gasteiger partial charge >= 0.3 is 0 Å². The Morgan fingerprint density at radius 3 is 2.95 bits per heavy atom. The zero-order valence-corrected chi connectivity index (χ0v) is 12.6. The highest BCUT2D eigenvalue weighted by atomic mass is 16.7. The van der Waals surface area contributed by atoms with E-state index in [2.05, 4.69) is 6.58 Å². The lowest BCUT2D eigenvalue weighted by atomic mass is 10.1. The Balaban J connectivity index is 2.15.